The summed E-state index contributed by atoms with van der Waals surface area (Å²) in [5, 5.41) is 13.7. The summed E-state index contributed by atoms with van der Waals surface area (Å²) in [6.07, 6.45) is 3.80. The number of rotatable bonds is 2. The Balaban J connectivity index is 2.04. The maximum atomic E-state index is 11.8. The van der Waals surface area contributed by atoms with Crippen molar-refractivity contribution in [3.8, 4) is 5.75 Å². The van der Waals surface area contributed by atoms with E-state index in [2.05, 4.69) is 10.1 Å². The van der Waals surface area contributed by atoms with Gasteiger partial charge in [0, 0.05) is 0 Å². The number of carbonyl (C=O) groups excluding carboxylic acids is 1. The van der Waals surface area contributed by atoms with Crippen molar-refractivity contribution in [3.05, 3.63) is 23.7 Å². The van der Waals surface area contributed by atoms with Crippen LogP contribution in [0.4, 0.5) is 0 Å². The lowest BCUT2D eigenvalue weighted by atomic mass is 10.2. The molecule has 1 aliphatic heterocycles. The molecule has 2 aromatic rings. The van der Waals surface area contributed by atoms with Crippen LogP contribution >= 0.6 is 0 Å². The fraction of sp³-hybridized carbons (Fsp3) is 0.462. The van der Waals surface area contributed by atoms with Gasteiger partial charge in [-0.25, -0.2) is 14.3 Å². The molecule has 106 valence electrons. The summed E-state index contributed by atoms with van der Waals surface area (Å²) in [6, 6.07) is 0. The lowest BCUT2D eigenvalue weighted by Gasteiger charge is -2.07. The van der Waals surface area contributed by atoms with E-state index in [0.717, 1.165) is 5.69 Å². The Kier molecular flexibility index (Phi) is 3.27. The molecular formula is C13H15N3O4. The normalized spacial score (nSPS) is 18.2. The first-order chi connectivity index (χ1) is 9.69. The van der Waals surface area contributed by atoms with Crippen LogP contribution in [0, 0.1) is 0 Å². The number of nitrogens with zero attached hydrogens (tertiary/aromatic N) is 3. The van der Waals surface area contributed by atoms with Gasteiger partial charge >= 0.3 is 5.97 Å². The van der Waals surface area contributed by atoms with Crippen molar-refractivity contribution >= 4 is 11.6 Å². The average Bonchev–Trinajstić information content (AvgIpc) is 2.76. The van der Waals surface area contributed by atoms with Crippen LogP contribution < -0.4 is 4.74 Å². The van der Waals surface area contributed by atoms with Gasteiger partial charge in [0.15, 0.2) is 11.4 Å². The van der Waals surface area contributed by atoms with Crippen molar-refractivity contribution in [2.45, 2.75) is 25.9 Å². The predicted molar refractivity (Wildman–Crippen MR) is 68.8 cm³/mol. The van der Waals surface area contributed by atoms with Crippen molar-refractivity contribution in [2.75, 3.05) is 13.2 Å². The van der Waals surface area contributed by atoms with Crippen molar-refractivity contribution in [1.29, 1.82) is 0 Å². The first kappa shape index (κ1) is 12.9. The van der Waals surface area contributed by atoms with E-state index in [0.29, 0.717) is 36.4 Å². The molecule has 0 unspecified atom stereocenters. The highest BCUT2D eigenvalue weighted by molar-refractivity contribution is 5.95. The number of ether oxygens (including phenoxy) is 2. The van der Waals surface area contributed by atoms with E-state index in [1.165, 1.54) is 10.7 Å². The van der Waals surface area contributed by atoms with E-state index in [1.807, 2.05) is 0 Å². The molecule has 1 aliphatic rings. The Morgan fingerprint density at radius 2 is 2.50 bits per heavy atom. The Labute approximate surface area is 115 Å². The second-order valence-corrected chi connectivity index (χ2v) is 4.60. The summed E-state index contributed by atoms with van der Waals surface area (Å²) in [7, 11) is 0. The third-order valence-electron chi connectivity index (χ3n) is 3.17. The Bertz CT molecular complexity index is 652. The maximum absolute atomic E-state index is 11.8. The van der Waals surface area contributed by atoms with Gasteiger partial charge in [0.2, 0.25) is 0 Å². The fourth-order valence-corrected chi connectivity index (χ4v) is 2.16. The van der Waals surface area contributed by atoms with Crippen molar-refractivity contribution in [3.63, 3.8) is 0 Å². The molecule has 3 rings (SSSR count). The molecule has 3 heterocycles. The van der Waals surface area contributed by atoms with E-state index >= 15 is 0 Å². The van der Waals surface area contributed by atoms with Gasteiger partial charge in [-0.1, -0.05) is 0 Å². The number of aromatic nitrogens is 3. The van der Waals surface area contributed by atoms with Crippen molar-refractivity contribution in [2.24, 2.45) is 0 Å². The van der Waals surface area contributed by atoms with E-state index < -0.39 is 12.1 Å². The first-order valence-electron chi connectivity index (χ1n) is 6.54. The number of aliphatic hydroxyl groups excluding tert-OH is 1. The number of esters is 1. The third kappa shape index (κ3) is 2.20. The minimum atomic E-state index is -0.499. The maximum Gasteiger partial charge on any atom is 0.343 e. The second-order valence-electron chi connectivity index (χ2n) is 4.60. The number of aryl methyl sites for hydroxylation is 1. The zero-order chi connectivity index (χ0) is 14.1. The highest BCUT2D eigenvalue weighted by atomic mass is 16.5. The van der Waals surface area contributed by atoms with E-state index in [4.69, 9.17) is 9.47 Å². The number of hydrogen-bond acceptors (Lipinski definition) is 6. The van der Waals surface area contributed by atoms with Gasteiger partial charge in [0.05, 0.1) is 30.8 Å². The van der Waals surface area contributed by atoms with Gasteiger partial charge in [-0.3, -0.25) is 0 Å². The van der Waals surface area contributed by atoms with Crippen LogP contribution in [0.15, 0.2) is 12.4 Å². The first-order valence-corrected chi connectivity index (χ1v) is 6.54. The molecule has 0 fully saturated rings. The molecule has 0 amide bonds. The third-order valence-corrected chi connectivity index (χ3v) is 3.17. The largest absolute Gasteiger partial charge is 0.487 e. The minimum Gasteiger partial charge on any atom is -0.487 e. The molecule has 0 aromatic carbocycles. The molecule has 0 spiro atoms. The smallest absolute Gasteiger partial charge is 0.343 e. The summed E-state index contributed by atoms with van der Waals surface area (Å²) in [4.78, 5) is 16.3. The van der Waals surface area contributed by atoms with Gasteiger partial charge in [-0.2, -0.15) is 5.10 Å². The van der Waals surface area contributed by atoms with Crippen LogP contribution in [0.1, 0.15) is 29.4 Å². The van der Waals surface area contributed by atoms with E-state index in [1.54, 1.807) is 13.1 Å². The van der Waals surface area contributed by atoms with Crippen LogP contribution in [-0.4, -0.2) is 45.0 Å². The fourth-order valence-electron chi connectivity index (χ4n) is 2.16. The Morgan fingerprint density at radius 3 is 3.30 bits per heavy atom. The van der Waals surface area contributed by atoms with Crippen LogP contribution in [0.5, 0.6) is 5.75 Å². The Morgan fingerprint density at radius 1 is 1.65 bits per heavy atom. The summed E-state index contributed by atoms with van der Waals surface area (Å²) in [5.74, 6) is 0.150. The molecule has 20 heavy (non-hydrogen) atoms. The summed E-state index contributed by atoms with van der Waals surface area (Å²) in [5.41, 5.74) is 1.50. The van der Waals surface area contributed by atoms with Crippen LogP contribution in [0.2, 0.25) is 0 Å². The average molecular weight is 277 g/mol. The van der Waals surface area contributed by atoms with E-state index in [-0.39, 0.29) is 6.61 Å². The SMILES string of the molecule is CCOC(=O)c1cnn2cc3c(nc12)CC[C@@H](O)CO3. The molecule has 0 saturated carbocycles. The van der Waals surface area contributed by atoms with Gasteiger partial charge in [-0.15, -0.1) is 0 Å². The molecule has 1 N–H and O–H groups in total. The van der Waals surface area contributed by atoms with Crippen LogP contribution in [-0.2, 0) is 11.2 Å². The number of hydrogen-bond donors (Lipinski definition) is 1. The zero-order valence-corrected chi connectivity index (χ0v) is 11.1. The molecule has 1 atom stereocenters. The molecule has 0 saturated heterocycles. The van der Waals surface area contributed by atoms with Gasteiger partial charge in [0.25, 0.3) is 0 Å². The summed E-state index contributed by atoms with van der Waals surface area (Å²) in [6.45, 7) is 2.29. The zero-order valence-electron chi connectivity index (χ0n) is 11.1. The molecule has 0 aliphatic carbocycles. The predicted octanol–water partition coefficient (Wildman–Crippen LogP) is 0.592. The van der Waals surface area contributed by atoms with Gasteiger partial charge in [0.1, 0.15) is 12.2 Å². The molecule has 7 heteroatoms. The van der Waals surface area contributed by atoms with Crippen molar-refractivity contribution < 1.29 is 19.4 Å². The highest BCUT2D eigenvalue weighted by Gasteiger charge is 2.21. The van der Waals surface area contributed by atoms with Crippen LogP contribution in [0.3, 0.4) is 0 Å². The van der Waals surface area contributed by atoms with Crippen molar-refractivity contribution in [1.82, 2.24) is 14.6 Å². The number of fused-ring (bicyclic) bond motifs is 2. The van der Waals surface area contributed by atoms with Gasteiger partial charge < -0.3 is 14.6 Å². The van der Waals surface area contributed by atoms with E-state index in [9.17, 15) is 9.90 Å². The molecular weight excluding hydrogens is 262 g/mol. The number of aliphatic hydroxyl groups is 1. The van der Waals surface area contributed by atoms with Gasteiger partial charge in [-0.05, 0) is 19.8 Å². The highest BCUT2D eigenvalue weighted by Crippen LogP contribution is 2.24. The molecule has 2 aromatic heterocycles. The summed E-state index contributed by atoms with van der Waals surface area (Å²) < 4.78 is 12.0. The topological polar surface area (TPSA) is 86.0 Å². The monoisotopic (exact) mass is 277 g/mol. The lowest BCUT2D eigenvalue weighted by Crippen LogP contribution is -2.15. The Hall–Kier alpha value is -2.15. The number of carbonyl (C=O) groups is 1. The quantitative estimate of drug-likeness (QED) is 0.809. The lowest BCUT2D eigenvalue weighted by molar-refractivity contribution is 0.0528. The molecule has 0 radical (unpaired) electrons. The minimum absolute atomic E-state index is 0.242. The second kappa shape index (κ2) is 5.09. The van der Waals surface area contributed by atoms with Crippen LogP contribution in [0.25, 0.3) is 5.65 Å². The standard InChI is InChI=1S/C13H15N3O4/c1-2-19-13(18)9-5-14-16-6-11-10(15-12(9)16)4-3-8(17)7-20-11/h5-6,8,17H,2-4,7H2,1H3/t8-/m1/s1. The molecule has 0 bridgehead atoms. The molecule has 7 nitrogen and oxygen atoms in total. The summed E-state index contributed by atoms with van der Waals surface area (Å²) >= 11 is 0.